The lowest BCUT2D eigenvalue weighted by atomic mass is 9.78. The number of rotatable bonds is 2. The van der Waals surface area contributed by atoms with Gasteiger partial charge in [0.2, 0.25) is 0 Å². The van der Waals surface area contributed by atoms with E-state index in [4.69, 9.17) is 8.83 Å². The van der Waals surface area contributed by atoms with Crippen LogP contribution in [-0.2, 0) is 16.2 Å². The maximum absolute atomic E-state index is 6.89. The third kappa shape index (κ3) is 5.15. The van der Waals surface area contributed by atoms with Crippen molar-refractivity contribution in [3.05, 3.63) is 228 Å². The second-order valence-corrected chi connectivity index (χ2v) is 23.4. The molecule has 12 aromatic carbocycles. The molecule has 0 saturated carbocycles. The Labute approximate surface area is 434 Å². The number of furan rings is 2. The summed E-state index contributed by atoms with van der Waals surface area (Å²) in [4.78, 5) is 0. The van der Waals surface area contributed by atoms with Crippen LogP contribution in [0, 0.1) is 0 Å². The third-order valence-corrected chi connectivity index (χ3v) is 18.6. The molecule has 2 heteroatoms. The highest BCUT2D eigenvalue weighted by molar-refractivity contribution is 6.26. The third-order valence-electron chi connectivity index (χ3n) is 18.6. The molecular formula is C73H50O2. The summed E-state index contributed by atoms with van der Waals surface area (Å²) in [6.45, 7) is 14.7. The first kappa shape index (κ1) is 41.7. The average molecular weight is 959 g/mol. The molecule has 14 aromatic rings. The minimum absolute atomic E-state index is 0.240. The van der Waals surface area contributed by atoms with E-state index in [0.29, 0.717) is 0 Å². The summed E-state index contributed by atoms with van der Waals surface area (Å²) in [6.07, 6.45) is 0. The molecule has 0 unspecified atom stereocenters. The van der Waals surface area contributed by atoms with Gasteiger partial charge in [-0.25, -0.2) is 0 Å². The van der Waals surface area contributed by atoms with E-state index in [1.165, 1.54) is 132 Å². The molecule has 3 aliphatic rings. The molecule has 3 aliphatic carbocycles. The standard InChI is InChI=1S/C73H50O2/c1-71(2)57-37-55-59(72(3,4)61-33-49(43-23-11-13-25-45(43)65(55)61)53-31-39-19-7-9-21-41(39)67-47-27-15-17-29-63(47)74-69(53)67)35-51(57)52-36-60-56(38-58(52)71)66-46-26-14-12-24-44(46)50(34-62(66)73(60,5)6)54-32-40-20-8-10-22-42(40)68-48-28-16-18-30-64(48)75-70(54)68/h7-38H,1-6H3. The van der Waals surface area contributed by atoms with Crippen LogP contribution in [0.1, 0.15) is 74.9 Å². The van der Waals surface area contributed by atoms with Gasteiger partial charge in [0.1, 0.15) is 22.3 Å². The van der Waals surface area contributed by atoms with Gasteiger partial charge in [-0.2, -0.15) is 0 Å². The van der Waals surface area contributed by atoms with Gasteiger partial charge < -0.3 is 8.83 Å². The predicted molar refractivity (Wildman–Crippen MR) is 315 cm³/mol. The summed E-state index contributed by atoms with van der Waals surface area (Å²) in [5.74, 6) is 0. The second kappa shape index (κ2) is 13.9. The molecular weight excluding hydrogens is 909 g/mol. The Hall–Kier alpha value is -8.72. The van der Waals surface area contributed by atoms with Crippen molar-refractivity contribution in [3.8, 4) is 55.6 Å². The Morgan fingerprint density at radius 3 is 0.987 bits per heavy atom. The highest BCUT2D eigenvalue weighted by Gasteiger charge is 2.46. The summed E-state index contributed by atoms with van der Waals surface area (Å²) in [5, 5.41) is 14.6. The van der Waals surface area contributed by atoms with Crippen molar-refractivity contribution in [3.63, 3.8) is 0 Å². The van der Waals surface area contributed by atoms with Crippen LogP contribution in [0.2, 0.25) is 0 Å². The van der Waals surface area contributed by atoms with Crippen LogP contribution in [-0.4, -0.2) is 0 Å². The lowest BCUT2D eigenvalue weighted by molar-refractivity contribution is 0.649. The first-order valence-corrected chi connectivity index (χ1v) is 26.6. The fraction of sp³-hybridized carbons (Fsp3) is 0.123. The van der Waals surface area contributed by atoms with E-state index >= 15 is 0 Å². The molecule has 0 saturated heterocycles. The van der Waals surface area contributed by atoms with E-state index in [2.05, 4.69) is 236 Å². The van der Waals surface area contributed by atoms with E-state index < -0.39 is 0 Å². The minimum Gasteiger partial charge on any atom is -0.455 e. The van der Waals surface area contributed by atoms with Gasteiger partial charge in [0.25, 0.3) is 0 Å². The van der Waals surface area contributed by atoms with Crippen molar-refractivity contribution in [1.29, 1.82) is 0 Å². The molecule has 2 heterocycles. The monoisotopic (exact) mass is 958 g/mol. The van der Waals surface area contributed by atoms with Crippen molar-refractivity contribution in [2.75, 3.05) is 0 Å². The highest BCUT2D eigenvalue weighted by atomic mass is 16.3. The first-order chi connectivity index (χ1) is 36.5. The molecule has 0 bridgehead atoms. The maximum Gasteiger partial charge on any atom is 0.143 e. The molecule has 0 N–H and O–H groups in total. The highest BCUT2D eigenvalue weighted by Crippen LogP contribution is 2.62. The molecule has 0 atom stereocenters. The van der Waals surface area contributed by atoms with E-state index in [1.807, 2.05) is 0 Å². The van der Waals surface area contributed by atoms with E-state index in [1.54, 1.807) is 0 Å². The largest absolute Gasteiger partial charge is 0.455 e. The van der Waals surface area contributed by atoms with Crippen molar-refractivity contribution < 1.29 is 8.83 Å². The normalized spacial score (nSPS) is 15.4. The molecule has 2 nitrogen and oxygen atoms in total. The summed E-state index contributed by atoms with van der Waals surface area (Å²) in [7, 11) is 0. The van der Waals surface area contributed by atoms with Gasteiger partial charge in [-0.3, -0.25) is 0 Å². The average Bonchev–Trinajstić information content (AvgIpc) is 4.36. The molecule has 0 amide bonds. The molecule has 17 rings (SSSR count). The number of benzene rings is 12. The summed E-state index contributed by atoms with van der Waals surface area (Å²) >= 11 is 0. The number of hydrogen-bond acceptors (Lipinski definition) is 2. The van der Waals surface area contributed by atoms with Crippen molar-refractivity contribution in [1.82, 2.24) is 0 Å². The van der Waals surface area contributed by atoms with Crippen LogP contribution < -0.4 is 0 Å². The topological polar surface area (TPSA) is 26.3 Å². The van der Waals surface area contributed by atoms with Crippen LogP contribution in [0.3, 0.4) is 0 Å². The Morgan fingerprint density at radius 1 is 0.253 bits per heavy atom. The minimum atomic E-state index is -0.273. The molecule has 2 aromatic heterocycles. The number of fused-ring (bicyclic) bond motifs is 23. The number of para-hydroxylation sites is 2. The van der Waals surface area contributed by atoms with Gasteiger partial charge in [0, 0.05) is 48.9 Å². The van der Waals surface area contributed by atoms with Crippen LogP contribution in [0.5, 0.6) is 0 Å². The van der Waals surface area contributed by atoms with E-state index in [-0.39, 0.29) is 16.2 Å². The smallest absolute Gasteiger partial charge is 0.143 e. The second-order valence-electron chi connectivity index (χ2n) is 23.4. The van der Waals surface area contributed by atoms with Gasteiger partial charge in [0.15, 0.2) is 0 Å². The first-order valence-electron chi connectivity index (χ1n) is 26.6. The van der Waals surface area contributed by atoms with E-state index in [9.17, 15) is 0 Å². The Kier molecular flexibility index (Phi) is 7.73. The molecule has 0 fully saturated rings. The molecule has 0 spiro atoms. The Bertz CT molecular complexity index is 4660. The zero-order chi connectivity index (χ0) is 50.0. The van der Waals surface area contributed by atoms with Crippen LogP contribution in [0.15, 0.2) is 203 Å². The maximum atomic E-state index is 6.89. The molecule has 354 valence electrons. The van der Waals surface area contributed by atoms with Gasteiger partial charge in [-0.05, 0) is 182 Å². The van der Waals surface area contributed by atoms with Gasteiger partial charge in [0.05, 0.1) is 0 Å². The quantitative estimate of drug-likeness (QED) is 0.173. The zero-order valence-corrected chi connectivity index (χ0v) is 42.8. The molecule has 0 aliphatic heterocycles. The van der Waals surface area contributed by atoms with Crippen molar-refractivity contribution in [2.45, 2.75) is 57.8 Å². The SMILES string of the molecule is CC1(C)c2cc3c(cc2-c2cc4c(cc21)-c1c(cc(-c2cc5ccccc5c5c2oc2ccccc25)c2ccccc12)C4(C)C)C(C)(C)c1cc(-c2cc4ccccc4c4c2oc2ccccc24)c2ccccc2c1-3. The van der Waals surface area contributed by atoms with Crippen molar-refractivity contribution >= 4 is 87.0 Å². The summed E-state index contributed by atoms with van der Waals surface area (Å²) in [5.41, 5.74) is 24.1. The van der Waals surface area contributed by atoms with Crippen LogP contribution >= 0.6 is 0 Å². The fourth-order valence-corrected chi connectivity index (χ4v) is 14.9. The summed E-state index contributed by atoms with van der Waals surface area (Å²) in [6, 6.07) is 72.9. The van der Waals surface area contributed by atoms with Crippen LogP contribution in [0.25, 0.3) is 143 Å². The number of hydrogen-bond donors (Lipinski definition) is 0. The Balaban J connectivity index is 0.853. The van der Waals surface area contributed by atoms with E-state index in [0.717, 1.165) is 44.2 Å². The lowest BCUT2D eigenvalue weighted by Crippen LogP contribution is -2.17. The lowest BCUT2D eigenvalue weighted by Gasteiger charge is -2.25. The van der Waals surface area contributed by atoms with Crippen LogP contribution in [0.4, 0.5) is 0 Å². The fourth-order valence-electron chi connectivity index (χ4n) is 14.9. The molecule has 75 heavy (non-hydrogen) atoms. The van der Waals surface area contributed by atoms with Gasteiger partial charge in [-0.1, -0.05) is 175 Å². The van der Waals surface area contributed by atoms with Gasteiger partial charge in [-0.15, -0.1) is 0 Å². The zero-order valence-electron chi connectivity index (χ0n) is 42.8. The Morgan fingerprint density at radius 2 is 0.560 bits per heavy atom. The molecule has 0 radical (unpaired) electrons. The van der Waals surface area contributed by atoms with Crippen molar-refractivity contribution in [2.24, 2.45) is 0 Å². The predicted octanol–water partition coefficient (Wildman–Crippen LogP) is 20.4. The summed E-state index contributed by atoms with van der Waals surface area (Å²) < 4.78 is 13.8. The van der Waals surface area contributed by atoms with Gasteiger partial charge >= 0.3 is 0 Å².